The molecule has 2 aliphatic rings. The van der Waals surface area contributed by atoms with Crippen LogP contribution in [0.2, 0.25) is 0 Å². The van der Waals surface area contributed by atoms with Crippen molar-refractivity contribution in [1.29, 1.82) is 0 Å². The number of carbonyl (C=O) groups excluding carboxylic acids is 1. The highest BCUT2D eigenvalue weighted by atomic mass is 16.1. The van der Waals surface area contributed by atoms with E-state index in [1.165, 1.54) is 0 Å². The van der Waals surface area contributed by atoms with Gasteiger partial charge < -0.3 is 15.1 Å². The van der Waals surface area contributed by atoms with Crippen molar-refractivity contribution in [3.63, 3.8) is 0 Å². The molecule has 4 heteroatoms. The summed E-state index contributed by atoms with van der Waals surface area (Å²) in [5.41, 5.74) is 2.09. The molecule has 118 valence electrons. The Labute approximate surface area is 132 Å². The summed E-state index contributed by atoms with van der Waals surface area (Å²) in [7, 11) is 2.15. The fourth-order valence-corrected chi connectivity index (χ4v) is 3.21. The monoisotopic (exact) mass is 299 g/mol. The maximum absolute atomic E-state index is 12.3. The van der Waals surface area contributed by atoms with E-state index in [0.717, 1.165) is 50.4 Å². The van der Waals surface area contributed by atoms with Gasteiger partial charge in [0.2, 0.25) is 5.91 Å². The van der Waals surface area contributed by atoms with E-state index in [4.69, 9.17) is 0 Å². The zero-order chi connectivity index (χ0) is 15.4. The van der Waals surface area contributed by atoms with E-state index in [0.29, 0.717) is 12.3 Å². The average Bonchev–Trinajstić information content (AvgIpc) is 3.01. The van der Waals surface area contributed by atoms with Gasteiger partial charge in [-0.25, -0.2) is 0 Å². The predicted octanol–water partition coefficient (Wildman–Crippen LogP) is 2.73. The van der Waals surface area contributed by atoms with Crippen molar-refractivity contribution < 1.29 is 4.79 Å². The van der Waals surface area contributed by atoms with Crippen LogP contribution in [0.1, 0.15) is 19.3 Å². The Hall–Kier alpha value is -1.81. The number of carbonyl (C=O) groups is 1. The number of allylic oxidation sites excluding steroid dienone is 2. The molecule has 1 unspecified atom stereocenters. The SMILES string of the molecule is CN1CCN(c2ccccc2NC(=O)CC2C=CCC2)CC1. The van der Waals surface area contributed by atoms with Crippen LogP contribution in [0.4, 0.5) is 11.4 Å². The predicted molar refractivity (Wildman–Crippen MR) is 91.3 cm³/mol. The topological polar surface area (TPSA) is 35.6 Å². The summed E-state index contributed by atoms with van der Waals surface area (Å²) in [6.07, 6.45) is 7.15. The third kappa shape index (κ3) is 3.69. The first-order valence-electron chi connectivity index (χ1n) is 8.21. The normalized spacial score (nSPS) is 22.0. The Morgan fingerprint density at radius 3 is 2.73 bits per heavy atom. The highest BCUT2D eigenvalue weighted by Gasteiger charge is 2.19. The van der Waals surface area contributed by atoms with Crippen molar-refractivity contribution in [1.82, 2.24) is 4.90 Å². The molecule has 1 aromatic rings. The van der Waals surface area contributed by atoms with Crippen molar-refractivity contribution in [3.05, 3.63) is 36.4 Å². The van der Waals surface area contributed by atoms with Crippen LogP contribution in [-0.4, -0.2) is 44.0 Å². The molecule has 0 bridgehead atoms. The van der Waals surface area contributed by atoms with Crippen molar-refractivity contribution in [2.45, 2.75) is 19.3 Å². The number of benzene rings is 1. The number of anilines is 2. The highest BCUT2D eigenvalue weighted by Crippen LogP contribution is 2.27. The second kappa shape index (κ2) is 6.97. The third-order valence-corrected chi connectivity index (χ3v) is 4.58. The van der Waals surface area contributed by atoms with Crippen LogP contribution in [0.25, 0.3) is 0 Å². The molecule has 0 spiro atoms. The van der Waals surface area contributed by atoms with Gasteiger partial charge in [-0.2, -0.15) is 0 Å². The second-order valence-corrected chi connectivity index (χ2v) is 6.33. The highest BCUT2D eigenvalue weighted by molar-refractivity contribution is 5.94. The minimum atomic E-state index is 0.123. The molecule has 1 saturated heterocycles. The van der Waals surface area contributed by atoms with Gasteiger partial charge in [0.15, 0.2) is 0 Å². The molecule has 1 fully saturated rings. The largest absolute Gasteiger partial charge is 0.367 e. The molecular weight excluding hydrogens is 274 g/mol. The molecular formula is C18H25N3O. The molecule has 1 aromatic carbocycles. The zero-order valence-electron chi connectivity index (χ0n) is 13.3. The van der Waals surface area contributed by atoms with Crippen molar-refractivity contribution in [2.24, 2.45) is 5.92 Å². The average molecular weight is 299 g/mol. The third-order valence-electron chi connectivity index (χ3n) is 4.58. The van der Waals surface area contributed by atoms with Gasteiger partial charge in [-0.05, 0) is 37.9 Å². The smallest absolute Gasteiger partial charge is 0.225 e. The number of likely N-dealkylation sites (N-methyl/N-ethyl adjacent to an activating group) is 1. The minimum absolute atomic E-state index is 0.123. The number of hydrogen-bond acceptors (Lipinski definition) is 3. The lowest BCUT2D eigenvalue weighted by Crippen LogP contribution is -2.44. The lowest BCUT2D eigenvalue weighted by Gasteiger charge is -2.35. The van der Waals surface area contributed by atoms with Gasteiger partial charge in [-0.3, -0.25) is 4.79 Å². The first-order chi connectivity index (χ1) is 10.7. The number of nitrogens with one attached hydrogen (secondary N) is 1. The van der Waals surface area contributed by atoms with E-state index in [1.807, 2.05) is 18.2 Å². The number of hydrogen-bond donors (Lipinski definition) is 1. The van der Waals surface area contributed by atoms with E-state index in [1.54, 1.807) is 0 Å². The second-order valence-electron chi connectivity index (χ2n) is 6.33. The molecule has 22 heavy (non-hydrogen) atoms. The minimum Gasteiger partial charge on any atom is -0.367 e. The summed E-state index contributed by atoms with van der Waals surface area (Å²) in [5, 5.41) is 3.12. The first-order valence-corrected chi connectivity index (χ1v) is 8.21. The van der Waals surface area contributed by atoms with Crippen molar-refractivity contribution in [2.75, 3.05) is 43.4 Å². The first kappa shape index (κ1) is 15.1. The molecule has 0 radical (unpaired) electrons. The lowest BCUT2D eigenvalue weighted by molar-refractivity contribution is -0.116. The standard InChI is InChI=1S/C18H25N3O/c1-20-10-12-21(13-11-20)17-9-5-4-8-16(17)19-18(22)14-15-6-2-3-7-15/h2,4-6,8-9,15H,3,7,10-14H2,1H3,(H,19,22). The fourth-order valence-electron chi connectivity index (χ4n) is 3.21. The molecule has 0 aromatic heterocycles. The van der Waals surface area contributed by atoms with Gasteiger partial charge >= 0.3 is 0 Å². The number of amides is 1. The summed E-state index contributed by atoms with van der Waals surface area (Å²) in [4.78, 5) is 17.0. The number of para-hydroxylation sites is 2. The maximum atomic E-state index is 12.3. The zero-order valence-corrected chi connectivity index (χ0v) is 13.3. The molecule has 4 nitrogen and oxygen atoms in total. The molecule has 1 heterocycles. The Morgan fingerprint density at radius 1 is 1.23 bits per heavy atom. The van der Waals surface area contributed by atoms with Crippen LogP contribution < -0.4 is 10.2 Å². The van der Waals surface area contributed by atoms with Crippen LogP contribution in [0.5, 0.6) is 0 Å². The van der Waals surface area contributed by atoms with E-state index in [9.17, 15) is 4.79 Å². The van der Waals surface area contributed by atoms with Crippen LogP contribution in [0.15, 0.2) is 36.4 Å². The summed E-state index contributed by atoms with van der Waals surface area (Å²) in [5.74, 6) is 0.536. The number of piperazine rings is 1. The van der Waals surface area contributed by atoms with Crippen LogP contribution in [-0.2, 0) is 4.79 Å². The molecule has 1 N–H and O–H groups in total. The summed E-state index contributed by atoms with van der Waals surface area (Å²) < 4.78 is 0. The van der Waals surface area contributed by atoms with Crippen LogP contribution in [0, 0.1) is 5.92 Å². The fraction of sp³-hybridized carbons (Fsp3) is 0.500. The number of nitrogens with zero attached hydrogens (tertiary/aromatic N) is 2. The Balaban J connectivity index is 1.65. The Kier molecular flexibility index (Phi) is 4.78. The molecule has 1 atom stereocenters. The molecule has 1 aliphatic carbocycles. The Bertz CT molecular complexity index is 547. The molecule has 1 amide bonds. The van der Waals surface area contributed by atoms with Crippen molar-refractivity contribution in [3.8, 4) is 0 Å². The number of rotatable bonds is 4. The summed E-state index contributed by atoms with van der Waals surface area (Å²) >= 11 is 0. The molecule has 0 saturated carbocycles. The molecule has 1 aliphatic heterocycles. The van der Waals surface area contributed by atoms with Gasteiger partial charge in [0, 0.05) is 32.6 Å². The van der Waals surface area contributed by atoms with E-state index < -0.39 is 0 Å². The van der Waals surface area contributed by atoms with Gasteiger partial charge in [-0.1, -0.05) is 24.3 Å². The lowest BCUT2D eigenvalue weighted by atomic mass is 10.0. The quantitative estimate of drug-likeness (QED) is 0.868. The van der Waals surface area contributed by atoms with Gasteiger partial charge in [0.05, 0.1) is 11.4 Å². The van der Waals surface area contributed by atoms with Gasteiger partial charge in [0.1, 0.15) is 0 Å². The summed E-state index contributed by atoms with van der Waals surface area (Å²) in [6.45, 7) is 4.15. The maximum Gasteiger partial charge on any atom is 0.225 e. The van der Waals surface area contributed by atoms with E-state index in [2.05, 4.69) is 40.4 Å². The van der Waals surface area contributed by atoms with Gasteiger partial charge in [-0.15, -0.1) is 0 Å². The molecule has 3 rings (SSSR count). The van der Waals surface area contributed by atoms with Gasteiger partial charge in [0.25, 0.3) is 0 Å². The van der Waals surface area contributed by atoms with E-state index in [-0.39, 0.29) is 5.91 Å². The summed E-state index contributed by atoms with van der Waals surface area (Å²) in [6, 6.07) is 8.15. The van der Waals surface area contributed by atoms with Crippen LogP contribution >= 0.6 is 0 Å². The van der Waals surface area contributed by atoms with Crippen LogP contribution in [0.3, 0.4) is 0 Å². The van der Waals surface area contributed by atoms with Crippen molar-refractivity contribution >= 4 is 17.3 Å². The Morgan fingerprint density at radius 2 is 2.00 bits per heavy atom. The van der Waals surface area contributed by atoms with E-state index >= 15 is 0 Å².